The normalized spacial score (nSPS) is 12.3. The van der Waals surface area contributed by atoms with Gasteiger partial charge < -0.3 is 20.1 Å². The minimum Gasteiger partial charge on any atom is -0.464 e. The SMILES string of the molecule is CCOC(=O)C(Cc1ccccc1)NC(=O)NC(Cc1ccccc1)C(=O)OCC. The smallest absolute Gasteiger partial charge is 0.329 e. The Morgan fingerprint density at radius 1 is 0.700 bits per heavy atom. The van der Waals surface area contributed by atoms with Crippen LogP contribution in [0.5, 0.6) is 0 Å². The number of benzene rings is 2. The minimum absolute atomic E-state index is 0.201. The fourth-order valence-electron chi connectivity index (χ4n) is 2.93. The quantitative estimate of drug-likeness (QED) is 0.585. The average molecular weight is 412 g/mol. The van der Waals surface area contributed by atoms with Gasteiger partial charge in [0.25, 0.3) is 0 Å². The van der Waals surface area contributed by atoms with E-state index in [2.05, 4.69) is 10.6 Å². The predicted octanol–water partition coefficient (Wildman–Crippen LogP) is 2.63. The molecule has 0 bridgehead atoms. The molecule has 0 aromatic heterocycles. The lowest BCUT2D eigenvalue weighted by Crippen LogP contribution is -2.53. The second-order valence-corrected chi connectivity index (χ2v) is 6.61. The molecule has 0 spiro atoms. The van der Waals surface area contributed by atoms with Crippen LogP contribution < -0.4 is 10.6 Å². The Kier molecular flexibility index (Phi) is 9.37. The molecule has 0 aliphatic heterocycles. The third-order valence-electron chi connectivity index (χ3n) is 4.32. The van der Waals surface area contributed by atoms with Crippen molar-refractivity contribution in [1.82, 2.24) is 10.6 Å². The van der Waals surface area contributed by atoms with Gasteiger partial charge in [-0.25, -0.2) is 14.4 Å². The summed E-state index contributed by atoms with van der Waals surface area (Å²) in [6, 6.07) is 16.2. The van der Waals surface area contributed by atoms with E-state index in [1.54, 1.807) is 13.8 Å². The van der Waals surface area contributed by atoms with Gasteiger partial charge in [0.2, 0.25) is 0 Å². The summed E-state index contributed by atoms with van der Waals surface area (Å²) in [4.78, 5) is 37.3. The van der Waals surface area contributed by atoms with Crippen molar-refractivity contribution in [3.05, 3.63) is 71.8 Å². The number of hydrogen-bond acceptors (Lipinski definition) is 5. The number of esters is 2. The zero-order valence-electron chi connectivity index (χ0n) is 17.3. The fourth-order valence-corrected chi connectivity index (χ4v) is 2.93. The van der Waals surface area contributed by atoms with E-state index >= 15 is 0 Å². The minimum atomic E-state index is -0.882. The fraction of sp³-hybridized carbons (Fsp3) is 0.348. The van der Waals surface area contributed by atoms with E-state index in [1.807, 2.05) is 60.7 Å². The lowest BCUT2D eigenvalue weighted by Gasteiger charge is -2.21. The third-order valence-corrected chi connectivity index (χ3v) is 4.32. The molecule has 2 aromatic carbocycles. The van der Waals surface area contributed by atoms with E-state index in [9.17, 15) is 14.4 Å². The van der Waals surface area contributed by atoms with Gasteiger partial charge in [-0.2, -0.15) is 0 Å². The van der Waals surface area contributed by atoms with Gasteiger partial charge >= 0.3 is 18.0 Å². The molecule has 0 radical (unpaired) electrons. The largest absolute Gasteiger partial charge is 0.464 e. The van der Waals surface area contributed by atoms with Gasteiger partial charge in [-0.3, -0.25) is 0 Å². The van der Waals surface area contributed by atoms with Crippen LogP contribution in [-0.4, -0.2) is 43.3 Å². The van der Waals surface area contributed by atoms with Crippen molar-refractivity contribution < 1.29 is 23.9 Å². The Bertz CT molecular complexity index is 743. The number of ether oxygens (including phenoxy) is 2. The monoisotopic (exact) mass is 412 g/mol. The van der Waals surface area contributed by atoms with Crippen molar-refractivity contribution in [3.8, 4) is 0 Å². The van der Waals surface area contributed by atoms with Gasteiger partial charge in [-0.1, -0.05) is 60.7 Å². The molecule has 0 saturated carbocycles. The first kappa shape index (κ1) is 22.9. The maximum atomic E-state index is 12.6. The lowest BCUT2D eigenvalue weighted by atomic mass is 10.1. The Morgan fingerprint density at radius 2 is 1.07 bits per heavy atom. The predicted molar refractivity (Wildman–Crippen MR) is 113 cm³/mol. The van der Waals surface area contributed by atoms with Gasteiger partial charge in [0.05, 0.1) is 13.2 Å². The lowest BCUT2D eigenvalue weighted by molar-refractivity contribution is -0.145. The van der Waals surface area contributed by atoms with Crippen LogP contribution in [0.3, 0.4) is 0 Å². The molecule has 7 heteroatoms. The van der Waals surface area contributed by atoms with Crippen molar-refractivity contribution in [2.75, 3.05) is 13.2 Å². The Labute approximate surface area is 176 Å². The Balaban J connectivity index is 2.08. The maximum Gasteiger partial charge on any atom is 0.329 e. The molecule has 7 nitrogen and oxygen atoms in total. The molecule has 2 aromatic rings. The molecular weight excluding hydrogens is 384 g/mol. The molecule has 2 amide bonds. The van der Waals surface area contributed by atoms with E-state index < -0.39 is 30.1 Å². The first-order valence-corrected chi connectivity index (χ1v) is 10.0. The summed E-state index contributed by atoms with van der Waals surface area (Å²) >= 11 is 0. The van der Waals surface area contributed by atoms with Gasteiger partial charge in [0, 0.05) is 12.8 Å². The van der Waals surface area contributed by atoms with Crippen LogP contribution in [0.25, 0.3) is 0 Å². The van der Waals surface area contributed by atoms with E-state index in [0.717, 1.165) is 11.1 Å². The number of carbonyl (C=O) groups is 3. The summed E-state index contributed by atoms with van der Waals surface area (Å²) in [7, 11) is 0. The molecule has 2 rings (SSSR count). The molecule has 0 aliphatic carbocycles. The highest BCUT2D eigenvalue weighted by atomic mass is 16.5. The average Bonchev–Trinajstić information content (AvgIpc) is 2.74. The van der Waals surface area contributed by atoms with Crippen molar-refractivity contribution >= 4 is 18.0 Å². The molecule has 0 aliphatic rings. The van der Waals surface area contributed by atoms with Crippen LogP contribution in [0.15, 0.2) is 60.7 Å². The Hall–Kier alpha value is -3.35. The van der Waals surface area contributed by atoms with Crippen molar-refractivity contribution in [2.24, 2.45) is 0 Å². The van der Waals surface area contributed by atoms with Crippen molar-refractivity contribution in [3.63, 3.8) is 0 Å². The van der Waals surface area contributed by atoms with Gasteiger partial charge in [0.15, 0.2) is 0 Å². The van der Waals surface area contributed by atoms with Gasteiger partial charge in [0.1, 0.15) is 12.1 Å². The first-order valence-electron chi connectivity index (χ1n) is 10.0. The van der Waals surface area contributed by atoms with Gasteiger partial charge in [-0.05, 0) is 25.0 Å². The van der Waals surface area contributed by atoms with E-state index in [-0.39, 0.29) is 26.1 Å². The molecule has 2 atom stereocenters. The highest BCUT2D eigenvalue weighted by molar-refractivity contribution is 5.87. The van der Waals surface area contributed by atoms with E-state index in [1.165, 1.54) is 0 Å². The number of carbonyl (C=O) groups excluding carboxylic acids is 3. The second-order valence-electron chi connectivity index (χ2n) is 6.61. The van der Waals surface area contributed by atoms with Crippen LogP contribution >= 0.6 is 0 Å². The molecule has 2 unspecified atom stereocenters. The Morgan fingerprint density at radius 3 is 1.40 bits per heavy atom. The summed E-state index contributed by atoms with van der Waals surface area (Å²) in [5.74, 6) is -1.07. The van der Waals surface area contributed by atoms with Crippen LogP contribution in [0.2, 0.25) is 0 Å². The van der Waals surface area contributed by atoms with Gasteiger partial charge in [-0.15, -0.1) is 0 Å². The number of hydrogen-bond donors (Lipinski definition) is 2. The third kappa shape index (κ3) is 7.58. The summed E-state index contributed by atoms with van der Waals surface area (Å²) in [6.07, 6.45) is 0.547. The zero-order chi connectivity index (χ0) is 21.8. The van der Waals surface area contributed by atoms with Crippen LogP contribution in [0.1, 0.15) is 25.0 Å². The second kappa shape index (κ2) is 12.3. The molecule has 2 N–H and O–H groups in total. The summed E-state index contributed by atoms with van der Waals surface area (Å²) in [6.45, 7) is 3.81. The topological polar surface area (TPSA) is 93.7 Å². The van der Waals surface area contributed by atoms with E-state index in [4.69, 9.17) is 9.47 Å². The van der Waals surface area contributed by atoms with Crippen LogP contribution in [0, 0.1) is 0 Å². The van der Waals surface area contributed by atoms with E-state index in [0.29, 0.717) is 0 Å². The molecule has 160 valence electrons. The maximum absolute atomic E-state index is 12.6. The number of amides is 2. The van der Waals surface area contributed by atoms with Crippen LogP contribution in [0.4, 0.5) is 4.79 Å². The number of urea groups is 1. The molecule has 30 heavy (non-hydrogen) atoms. The molecule has 0 heterocycles. The molecule has 0 fully saturated rings. The zero-order valence-corrected chi connectivity index (χ0v) is 17.3. The summed E-state index contributed by atoms with van der Waals surface area (Å²) in [5.41, 5.74) is 1.75. The summed E-state index contributed by atoms with van der Waals surface area (Å²) in [5, 5.41) is 5.26. The number of nitrogens with one attached hydrogen (secondary N) is 2. The van der Waals surface area contributed by atoms with Crippen molar-refractivity contribution in [2.45, 2.75) is 38.8 Å². The molecule has 0 saturated heterocycles. The molecular formula is C23H28N2O5. The first-order chi connectivity index (χ1) is 14.5. The van der Waals surface area contributed by atoms with Crippen LogP contribution in [-0.2, 0) is 31.9 Å². The summed E-state index contributed by atoms with van der Waals surface area (Å²) < 4.78 is 10.2. The standard InChI is InChI=1S/C23H28N2O5/c1-3-29-21(26)19(15-17-11-7-5-8-12-17)24-23(28)25-20(22(27)30-4-2)16-18-13-9-6-10-14-18/h5-14,19-20H,3-4,15-16H2,1-2H3,(H2,24,25,28). The van der Waals surface area contributed by atoms with Crippen molar-refractivity contribution in [1.29, 1.82) is 0 Å². The number of rotatable bonds is 10. The highest BCUT2D eigenvalue weighted by Crippen LogP contribution is 2.07. The highest BCUT2D eigenvalue weighted by Gasteiger charge is 2.27.